The van der Waals surface area contributed by atoms with Crippen molar-refractivity contribution in [3.8, 4) is 0 Å². The Balaban J connectivity index is 0.00000288. The second kappa shape index (κ2) is 10.0. The number of aromatic nitrogens is 2. The second-order valence-electron chi connectivity index (χ2n) is 6.35. The molecular weight excluding hydrogens is 433 g/mol. The van der Waals surface area contributed by atoms with Crippen molar-refractivity contribution >= 4 is 41.3 Å². The number of rotatable bonds is 7. The maximum atomic E-state index is 4.30. The van der Waals surface area contributed by atoms with Crippen LogP contribution in [-0.4, -0.2) is 35.9 Å². The molecule has 0 spiro atoms. The van der Waals surface area contributed by atoms with Gasteiger partial charge in [-0.25, -0.2) is 0 Å². The molecule has 0 amide bonds. The van der Waals surface area contributed by atoms with E-state index in [0.717, 1.165) is 32.0 Å². The largest absolute Gasteiger partial charge is 0.356 e. The van der Waals surface area contributed by atoms with Crippen LogP contribution in [0, 0.1) is 6.92 Å². The van der Waals surface area contributed by atoms with E-state index in [1.165, 1.54) is 10.4 Å². The Hall–Kier alpha value is -1.09. The van der Waals surface area contributed by atoms with Crippen LogP contribution in [0.25, 0.3) is 0 Å². The van der Waals surface area contributed by atoms with Gasteiger partial charge in [-0.15, -0.1) is 35.3 Å². The van der Waals surface area contributed by atoms with Crippen LogP contribution in [-0.2, 0) is 12.0 Å². The van der Waals surface area contributed by atoms with Gasteiger partial charge >= 0.3 is 0 Å². The molecule has 2 rings (SSSR count). The van der Waals surface area contributed by atoms with Gasteiger partial charge in [-0.3, -0.25) is 9.67 Å². The summed E-state index contributed by atoms with van der Waals surface area (Å²) >= 11 is 1.80. The van der Waals surface area contributed by atoms with Crippen molar-refractivity contribution in [3.05, 3.63) is 40.3 Å². The summed E-state index contributed by atoms with van der Waals surface area (Å²) in [6, 6.07) is 4.29. The molecule has 0 saturated heterocycles. The fourth-order valence-corrected chi connectivity index (χ4v) is 3.17. The lowest BCUT2D eigenvalue weighted by atomic mass is 9.91. The topological polar surface area (TPSA) is 54.2 Å². The highest BCUT2D eigenvalue weighted by atomic mass is 127. The highest BCUT2D eigenvalue weighted by Crippen LogP contribution is 2.26. The summed E-state index contributed by atoms with van der Waals surface area (Å²) in [6.45, 7) is 9.20. The number of guanidine groups is 1. The van der Waals surface area contributed by atoms with E-state index in [-0.39, 0.29) is 29.4 Å². The summed E-state index contributed by atoms with van der Waals surface area (Å²) in [5.74, 6) is 0.853. The summed E-state index contributed by atoms with van der Waals surface area (Å²) in [5.41, 5.74) is 1.30. The Morgan fingerprint density at radius 2 is 2.17 bits per heavy atom. The van der Waals surface area contributed by atoms with Gasteiger partial charge in [0, 0.05) is 43.2 Å². The average molecular weight is 461 g/mol. The molecule has 0 unspecified atom stereocenters. The zero-order valence-corrected chi connectivity index (χ0v) is 18.0. The molecule has 134 valence electrons. The molecule has 0 saturated carbocycles. The minimum absolute atomic E-state index is 0. The Morgan fingerprint density at radius 3 is 2.75 bits per heavy atom. The first-order valence-corrected chi connectivity index (χ1v) is 8.87. The van der Waals surface area contributed by atoms with Crippen LogP contribution >= 0.6 is 35.3 Å². The van der Waals surface area contributed by atoms with E-state index in [2.05, 4.69) is 65.2 Å². The predicted molar refractivity (Wildman–Crippen MR) is 114 cm³/mol. The molecule has 2 N–H and O–H groups in total. The normalized spacial score (nSPS) is 11.9. The molecule has 5 nitrogen and oxygen atoms in total. The van der Waals surface area contributed by atoms with Crippen LogP contribution in [0.3, 0.4) is 0 Å². The van der Waals surface area contributed by atoms with Gasteiger partial charge in [-0.1, -0.05) is 19.9 Å². The number of aliphatic imine (C=N–C) groups is 1. The third kappa shape index (κ3) is 6.43. The molecule has 2 aromatic rings. The second-order valence-corrected chi connectivity index (χ2v) is 7.30. The van der Waals surface area contributed by atoms with Gasteiger partial charge in [0.15, 0.2) is 5.96 Å². The molecule has 0 aliphatic carbocycles. The number of hydrogen-bond acceptors (Lipinski definition) is 3. The molecular formula is C17H28IN5S. The SMILES string of the molecule is CN=C(NCCCn1cc(C)cn1)NCC(C)(C)c1cccs1.I. The molecule has 0 aromatic carbocycles. The van der Waals surface area contributed by atoms with Crippen molar-refractivity contribution in [1.29, 1.82) is 0 Å². The van der Waals surface area contributed by atoms with Gasteiger partial charge in [-0.2, -0.15) is 5.10 Å². The van der Waals surface area contributed by atoms with Gasteiger partial charge in [0.2, 0.25) is 0 Å². The Labute approximate surface area is 166 Å². The number of hydrogen-bond donors (Lipinski definition) is 2. The van der Waals surface area contributed by atoms with Crippen LogP contribution < -0.4 is 10.6 Å². The van der Waals surface area contributed by atoms with E-state index in [0.29, 0.717) is 0 Å². The van der Waals surface area contributed by atoms with Crippen molar-refractivity contribution in [2.75, 3.05) is 20.1 Å². The third-order valence-corrected chi connectivity index (χ3v) is 4.96. The van der Waals surface area contributed by atoms with Gasteiger partial charge in [0.1, 0.15) is 0 Å². The summed E-state index contributed by atoms with van der Waals surface area (Å²) in [5, 5.41) is 13.2. The molecule has 0 atom stereocenters. The van der Waals surface area contributed by atoms with Crippen molar-refractivity contribution in [3.63, 3.8) is 0 Å². The number of nitrogens with one attached hydrogen (secondary N) is 2. The number of thiophene rings is 1. The fraction of sp³-hybridized carbons (Fsp3) is 0.529. The monoisotopic (exact) mass is 461 g/mol. The molecule has 0 aliphatic heterocycles. The first kappa shape index (κ1) is 21.0. The van der Waals surface area contributed by atoms with Crippen molar-refractivity contribution in [1.82, 2.24) is 20.4 Å². The summed E-state index contributed by atoms with van der Waals surface area (Å²) in [4.78, 5) is 5.68. The first-order valence-electron chi connectivity index (χ1n) is 7.99. The Morgan fingerprint density at radius 1 is 1.38 bits per heavy atom. The molecule has 0 aliphatic rings. The molecule has 0 fully saturated rings. The summed E-state index contributed by atoms with van der Waals surface area (Å²) in [7, 11) is 1.81. The van der Waals surface area contributed by atoms with Gasteiger partial charge in [0.25, 0.3) is 0 Å². The van der Waals surface area contributed by atoms with E-state index in [9.17, 15) is 0 Å². The van der Waals surface area contributed by atoms with Crippen LogP contribution in [0.1, 0.15) is 30.7 Å². The van der Waals surface area contributed by atoms with Crippen molar-refractivity contribution < 1.29 is 0 Å². The average Bonchev–Trinajstić information content (AvgIpc) is 3.18. The van der Waals surface area contributed by atoms with E-state index >= 15 is 0 Å². The van der Waals surface area contributed by atoms with E-state index in [1.807, 2.05) is 17.9 Å². The van der Waals surface area contributed by atoms with Gasteiger partial charge < -0.3 is 10.6 Å². The molecule has 2 heterocycles. The highest BCUT2D eigenvalue weighted by molar-refractivity contribution is 14.0. The standard InChI is InChI=1S/C17H27N5S.HI/c1-14-11-21-22(12-14)9-6-8-19-16(18-4)20-13-17(2,3)15-7-5-10-23-15;/h5,7,10-12H,6,8-9,13H2,1-4H3,(H2,18,19,20);1H. The van der Waals surface area contributed by atoms with Crippen molar-refractivity contribution in [2.45, 2.75) is 39.2 Å². The minimum atomic E-state index is 0. The Kier molecular flexibility index (Phi) is 8.75. The maximum Gasteiger partial charge on any atom is 0.191 e. The fourth-order valence-electron chi connectivity index (χ4n) is 2.31. The number of aryl methyl sites for hydroxylation is 2. The van der Waals surface area contributed by atoms with E-state index in [1.54, 1.807) is 11.3 Å². The first-order chi connectivity index (χ1) is 11.0. The quantitative estimate of drug-likeness (QED) is 0.288. The summed E-state index contributed by atoms with van der Waals surface area (Å²) < 4.78 is 1.98. The molecule has 2 aromatic heterocycles. The lowest BCUT2D eigenvalue weighted by Gasteiger charge is -2.25. The Bertz CT molecular complexity index is 619. The number of halogens is 1. The zero-order valence-electron chi connectivity index (χ0n) is 14.9. The van der Waals surface area contributed by atoms with Crippen molar-refractivity contribution in [2.24, 2.45) is 4.99 Å². The van der Waals surface area contributed by atoms with Gasteiger partial charge in [-0.05, 0) is 30.4 Å². The zero-order chi connectivity index (χ0) is 16.7. The third-order valence-electron chi connectivity index (χ3n) is 3.73. The smallest absolute Gasteiger partial charge is 0.191 e. The van der Waals surface area contributed by atoms with E-state index < -0.39 is 0 Å². The van der Waals surface area contributed by atoms with Crippen LogP contribution in [0.5, 0.6) is 0 Å². The lowest BCUT2D eigenvalue weighted by molar-refractivity contribution is 0.515. The highest BCUT2D eigenvalue weighted by Gasteiger charge is 2.21. The van der Waals surface area contributed by atoms with Gasteiger partial charge in [0.05, 0.1) is 6.20 Å². The van der Waals surface area contributed by atoms with Crippen LogP contribution in [0.4, 0.5) is 0 Å². The molecule has 0 radical (unpaired) electrons. The predicted octanol–water partition coefficient (Wildman–Crippen LogP) is 3.40. The van der Waals surface area contributed by atoms with Crippen LogP contribution in [0.2, 0.25) is 0 Å². The maximum absolute atomic E-state index is 4.30. The molecule has 7 heteroatoms. The molecule has 24 heavy (non-hydrogen) atoms. The number of nitrogens with zero attached hydrogens (tertiary/aromatic N) is 3. The summed E-state index contributed by atoms with van der Waals surface area (Å²) in [6.07, 6.45) is 4.97. The minimum Gasteiger partial charge on any atom is -0.356 e. The van der Waals surface area contributed by atoms with E-state index in [4.69, 9.17) is 0 Å². The molecule has 0 bridgehead atoms. The van der Waals surface area contributed by atoms with Crippen LogP contribution in [0.15, 0.2) is 34.9 Å². The lowest BCUT2D eigenvalue weighted by Crippen LogP contribution is -2.43.